The zero-order chi connectivity index (χ0) is 27.2. The maximum absolute atomic E-state index is 12.9. The lowest BCUT2D eigenvalue weighted by atomic mass is 10.1. The number of unbranched alkanes of at least 4 members (excludes halogenated alkanes) is 5. The molecule has 0 heterocycles. The Kier molecular flexibility index (Phi) is 14.6. The molecule has 0 aliphatic heterocycles. The number of rotatable bonds is 18. The van der Waals surface area contributed by atoms with E-state index in [2.05, 4.69) is 26.1 Å². The number of nitrogens with one attached hydrogen (secondary N) is 1. The number of quaternary nitrogens is 1. The lowest BCUT2D eigenvalue weighted by Crippen LogP contribution is -3.00. The van der Waals surface area contributed by atoms with Crippen molar-refractivity contribution >= 4 is 17.6 Å². The van der Waals surface area contributed by atoms with Gasteiger partial charge >= 0.3 is 5.97 Å². The average Bonchev–Trinajstić information content (AvgIpc) is 3.76. The fraction of sp³-hybridized carbons (Fsp3) is 0.562. The summed E-state index contributed by atoms with van der Waals surface area (Å²) < 4.78 is 12.5. The average molecular weight is 604 g/mol. The van der Waals surface area contributed by atoms with Crippen molar-refractivity contribution in [1.29, 1.82) is 0 Å². The molecule has 0 bridgehead atoms. The number of halogens is 1. The van der Waals surface area contributed by atoms with Crippen molar-refractivity contribution < 1.29 is 40.5 Å². The summed E-state index contributed by atoms with van der Waals surface area (Å²) in [6.07, 6.45) is 9.80. The first-order chi connectivity index (χ1) is 18.5. The van der Waals surface area contributed by atoms with Crippen molar-refractivity contribution in [1.82, 2.24) is 0 Å². The SMILES string of the molecule is CCCCCCCCOc1ccccc1C(=O)Nc1ccc(C(=O)OCC[N+](CC)(CC)CC2CC2)cc1.[Br-]. The van der Waals surface area contributed by atoms with E-state index >= 15 is 0 Å². The number of hydrogen-bond donors (Lipinski definition) is 1. The predicted molar refractivity (Wildman–Crippen MR) is 154 cm³/mol. The van der Waals surface area contributed by atoms with E-state index in [1.807, 2.05) is 18.2 Å². The molecular weight excluding hydrogens is 556 g/mol. The second kappa shape index (κ2) is 17.3. The summed E-state index contributed by atoms with van der Waals surface area (Å²) in [7, 11) is 0. The first-order valence-electron chi connectivity index (χ1n) is 14.7. The smallest absolute Gasteiger partial charge is 0.338 e. The van der Waals surface area contributed by atoms with Crippen LogP contribution in [0.4, 0.5) is 5.69 Å². The van der Waals surface area contributed by atoms with E-state index in [0.29, 0.717) is 35.8 Å². The van der Waals surface area contributed by atoms with Crippen LogP contribution in [0.25, 0.3) is 0 Å². The molecule has 39 heavy (non-hydrogen) atoms. The van der Waals surface area contributed by atoms with Crippen LogP contribution in [0.2, 0.25) is 0 Å². The van der Waals surface area contributed by atoms with Gasteiger partial charge in [0.15, 0.2) is 0 Å². The quantitative estimate of drug-likeness (QED) is 0.158. The van der Waals surface area contributed by atoms with Gasteiger partial charge in [-0.15, -0.1) is 0 Å². The molecule has 0 atom stereocenters. The topological polar surface area (TPSA) is 64.6 Å². The van der Waals surface area contributed by atoms with Crippen LogP contribution in [0.15, 0.2) is 48.5 Å². The predicted octanol–water partition coefficient (Wildman–Crippen LogP) is 4.11. The van der Waals surface area contributed by atoms with Gasteiger partial charge in [0.25, 0.3) is 5.91 Å². The monoisotopic (exact) mass is 602 g/mol. The Hall–Kier alpha value is -2.38. The molecule has 2 aromatic rings. The molecule has 1 amide bonds. The Morgan fingerprint density at radius 1 is 0.872 bits per heavy atom. The molecule has 0 spiro atoms. The Morgan fingerprint density at radius 2 is 1.54 bits per heavy atom. The van der Waals surface area contributed by atoms with Crippen molar-refractivity contribution in [2.45, 2.75) is 72.1 Å². The zero-order valence-electron chi connectivity index (χ0n) is 24.1. The molecule has 1 aliphatic carbocycles. The van der Waals surface area contributed by atoms with Crippen LogP contribution in [0.5, 0.6) is 5.75 Å². The van der Waals surface area contributed by atoms with Gasteiger partial charge in [-0.3, -0.25) is 4.79 Å². The van der Waals surface area contributed by atoms with Crippen molar-refractivity contribution in [2.24, 2.45) is 5.92 Å². The molecule has 2 aromatic carbocycles. The molecule has 0 unspecified atom stereocenters. The van der Waals surface area contributed by atoms with Gasteiger partial charge in [-0.25, -0.2) is 4.79 Å². The third-order valence-corrected chi connectivity index (χ3v) is 7.75. The molecule has 0 saturated heterocycles. The molecule has 0 radical (unpaired) electrons. The standard InChI is InChI=1S/C32H46N2O4.BrH/c1-4-7-8-9-10-13-23-37-30-15-12-11-14-29(30)31(35)33-28-20-18-27(19-21-28)32(36)38-24-22-34(5-2,6-3)25-26-16-17-26;/h11-12,14-15,18-21,26H,4-10,13,16-17,22-25H2,1-3H3;1H. The minimum Gasteiger partial charge on any atom is -1.00 e. The maximum Gasteiger partial charge on any atom is 0.338 e. The highest BCUT2D eigenvalue weighted by molar-refractivity contribution is 6.06. The third kappa shape index (κ3) is 11.0. The van der Waals surface area contributed by atoms with Gasteiger partial charge in [0.2, 0.25) is 0 Å². The van der Waals surface area contributed by atoms with Gasteiger partial charge in [0.05, 0.1) is 37.4 Å². The van der Waals surface area contributed by atoms with Crippen LogP contribution < -0.4 is 27.0 Å². The Balaban J connectivity index is 0.00000533. The third-order valence-electron chi connectivity index (χ3n) is 7.75. The fourth-order valence-corrected chi connectivity index (χ4v) is 4.89. The summed E-state index contributed by atoms with van der Waals surface area (Å²) >= 11 is 0. The number of carbonyl (C=O) groups excluding carboxylic acids is 2. The van der Waals surface area contributed by atoms with Crippen molar-refractivity contribution in [3.05, 3.63) is 59.7 Å². The largest absolute Gasteiger partial charge is 1.00 e. The molecular formula is C32H47BrN2O4. The maximum atomic E-state index is 12.9. The number of anilines is 1. The molecule has 7 heteroatoms. The number of likely N-dealkylation sites (N-methyl/N-ethyl adjacent to an activating group) is 1. The highest BCUT2D eigenvalue weighted by atomic mass is 79.9. The van der Waals surface area contributed by atoms with Crippen molar-refractivity contribution in [3.63, 3.8) is 0 Å². The molecule has 1 saturated carbocycles. The fourth-order valence-electron chi connectivity index (χ4n) is 4.89. The second-order valence-electron chi connectivity index (χ2n) is 10.6. The lowest BCUT2D eigenvalue weighted by molar-refractivity contribution is -0.926. The van der Waals surface area contributed by atoms with Crippen LogP contribution in [0.3, 0.4) is 0 Å². The van der Waals surface area contributed by atoms with Gasteiger partial charge < -0.3 is 36.3 Å². The number of amides is 1. The summed E-state index contributed by atoms with van der Waals surface area (Å²) in [6, 6.07) is 14.2. The summed E-state index contributed by atoms with van der Waals surface area (Å²) in [4.78, 5) is 25.6. The summed E-state index contributed by atoms with van der Waals surface area (Å²) in [5.74, 6) is 0.872. The van der Waals surface area contributed by atoms with E-state index in [0.717, 1.165) is 42.9 Å². The van der Waals surface area contributed by atoms with Crippen LogP contribution in [-0.4, -0.2) is 55.8 Å². The van der Waals surface area contributed by atoms with E-state index < -0.39 is 0 Å². The van der Waals surface area contributed by atoms with Crippen molar-refractivity contribution in [2.75, 3.05) is 44.7 Å². The highest BCUT2D eigenvalue weighted by Crippen LogP contribution is 2.32. The van der Waals surface area contributed by atoms with E-state index in [9.17, 15) is 9.59 Å². The summed E-state index contributed by atoms with van der Waals surface area (Å²) in [6.45, 7) is 11.8. The number of esters is 1. The van der Waals surface area contributed by atoms with E-state index in [1.165, 1.54) is 45.1 Å². The Bertz CT molecular complexity index is 1000. The number of carbonyl (C=O) groups is 2. The Labute approximate surface area is 245 Å². The van der Waals surface area contributed by atoms with Crippen LogP contribution >= 0.6 is 0 Å². The first-order valence-corrected chi connectivity index (χ1v) is 14.7. The lowest BCUT2D eigenvalue weighted by Gasteiger charge is -2.36. The van der Waals surface area contributed by atoms with Gasteiger partial charge in [-0.05, 0) is 69.5 Å². The molecule has 216 valence electrons. The van der Waals surface area contributed by atoms with Crippen LogP contribution in [0.1, 0.15) is 92.9 Å². The number of nitrogens with zero attached hydrogens (tertiary/aromatic N) is 1. The summed E-state index contributed by atoms with van der Waals surface area (Å²) in [5, 5.41) is 2.92. The number of benzene rings is 2. The number of ether oxygens (including phenoxy) is 2. The zero-order valence-corrected chi connectivity index (χ0v) is 25.6. The minimum atomic E-state index is -0.326. The summed E-state index contributed by atoms with van der Waals surface area (Å²) in [5.41, 5.74) is 1.61. The normalized spacial score (nSPS) is 12.9. The molecule has 1 aliphatic rings. The number of hydrogen-bond acceptors (Lipinski definition) is 4. The van der Waals surface area contributed by atoms with Crippen molar-refractivity contribution in [3.8, 4) is 5.75 Å². The van der Waals surface area contributed by atoms with Crippen LogP contribution in [-0.2, 0) is 4.74 Å². The van der Waals surface area contributed by atoms with Gasteiger partial charge in [0, 0.05) is 11.6 Å². The molecule has 1 N–H and O–H groups in total. The minimum absolute atomic E-state index is 0. The molecule has 3 rings (SSSR count). The highest BCUT2D eigenvalue weighted by Gasteiger charge is 2.33. The van der Waals surface area contributed by atoms with E-state index in [-0.39, 0.29) is 28.9 Å². The van der Waals surface area contributed by atoms with E-state index in [4.69, 9.17) is 9.47 Å². The second-order valence-corrected chi connectivity index (χ2v) is 10.6. The Morgan fingerprint density at radius 3 is 2.21 bits per heavy atom. The van der Waals surface area contributed by atoms with Gasteiger partial charge in [-0.1, -0.05) is 51.2 Å². The molecule has 6 nitrogen and oxygen atoms in total. The van der Waals surface area contributed by atoms with Gasteiger partial charge in [-0.2, -0.15) is 0 Å². The molecule has 0 aromatic heterocycles. The van der Waals surface area contributed by atoms with E-state index in [1.54, 1.807) is 30.3 Å². The number of para-hydroxylation sites is 1. The first kappa shape index (κ1) is 32.8. The molecule has 1 fully saturated rings. The van der Waals surface area contributed by atoms with Crippen LogP contribution in [0, 0.1) is 5.92 Å². The van der Waals surface area contributed by atoms with Gasteiger partial charge in [0.1, 0.15) is 18.9 Å².